The molecule has 0 N–H and O–H groups in total. The van der Waals surface area contributed by atoms with Crippen LogP contribution < -0.4 is 4.90 Å². The van der Waals surface area contributed by atoms with Gasteiger partial charge in [0.05, 0.1) is 23.4 Å². The van der Waals surface area contributed by atoms with Gasteiger partial charge in [0.25, 0.3) is 0 Å². The van der Waals surface area contributed by atoms with Crippen LogP contribution in [0.5, 0.6) is 0 Å². The number of nitriles is 1. The lowest BCUT2D eigenvalue weighted by molar-refractivity contribution is -0.137. The number of hydrogen-bond acceptors (Lipinski definition) is 4. The fraction of sp³-hybridized carbons (Fsp3) is 0.267. The van der Waals surface area contributed by atoms with Crippen LogP contribution in [0.3, 0.4) is 0 Å². The van der Waals surface area contributed by atoms with Crippen LogP contribution in [0.4, 0.5) is 18.9 Å². The van der Waals surface area contributed by atoms with Gasteiger partial charge in [-0.25, -0.2) is 0 Å². The van der Waals surface area contributed by atoms with Crippen molar-refractivity contribution in [2.24, 2.45) is 0 Å². The first kappa shape index (κ1) is 15.6. The molecule has 0 amide bonds. The molecule has 3 rings (SSSR count). The molecule has 0 radical (unpaired) electrons. The third-order valence-corrected chi connectivity index (χ3v) is 4.09. The Morgan fingerprint density at radius 3 is 2.78 bits per heavy atom. The van der Waals surface area contributed by atoms with Gasteiger partial charge in [-0.3, -0.25) is 0 Å². The maximum Gasteiger partial charge on any atom is 0.417 e. The number of benzene rings is 1. The number of fused-ring (bicyclic) bond motifs is 1. The molecule has 1 aromatic carbocycles. The Kier molecular flexibility index (Phi) is 3.86. The van der Waals surface area contributed by atoms with E-state index in [-0.39, 0.29) is 5.56 Å². The summed E-state index contributed by atoms with van der Waals surface area (Å²) in [5.74, 6) is 0. The summed E-state index contributed by atoms with van der Waals surface area (Å²) in [5, 5.41) is 16.9. The van der Waals surface area contributed by atoms with Gasteiger partial charge in [-0.05, 0) is 35.7 Å². The summed E-state index contributed by atoms with van der Waals surface area (Å²) in [7, 11) is 0. The Balaban J connectivity index is 1.94. The van der Waals surface area contributed by atoms with Crippen molar-refractivity contribution in [3.05, 3.63) is 51.8 Å². The van der Waals surface area contributed by atoms with Crippen molar-refractivity contribution in [2.45, 2.75) is 19.1 Å². The molecule has 0 unspecified atom stereocenters. The average Bonchev–Trinajstić information content (AvgIpc) is 2.53. The number of nitrogens with zero attached hydrogens (tertiary/aromatic N) is 4. The van der Waals surface area contributed by atoms with E-state index >= 15 is 0 Å². The second-order valence-corrected chi connectivity index (χ2v) is 5.51. The van der Waals surface area contributed by atoms with Crippen LogP contribution in [0.25, 0.3) is 0 Å². The predicted octanol–water partition coefficient (Wildman–Crippen LogP) is 3.58. The van der Waals surface area contributed by atoms with Crippen molar-refractivity contribution < 1.29 is 13.2 Å². The van der Waals surface area contributed by atoms with Crippen LogP contribution >= 0.6 is 11.6 Å². The average molecular weight is 339 g/mol. The van der Waals surface area contributed by atoms with Crippen LogP contribution in [0.2, 0.25) is 5.15 Å². The van der Waals surface area contributed by atoms with E-state index in [0.717, 1.165) is 17.2 Å². The first-order valence-corrected chi connectivity index (χ1v) is 7.13. The molecule has 8 heteroatoms. The largest absolute Gasteiger partial charge is 0.417 e. The smallest absolute Gasteiger partial charge is 0.367 e. The molecule has 118 valence electrons. The summed E-state index contributed by atoms with van der Waals surface area (Å²) in [6.07, 6.45) is -2.32. The molecule has 0 bridgehead atoms. The van der Waals surface area contributed by atoms with Crippen LogP contribution in [-0.2, 0) is 19.1 Å². The fourth-order valence-corrected chi connectivity index (χ4v) is 2.90. The van der Waals surface area contributed by atoms with E-state index in [1.54, 1.807) is 12.3 Å². The van der Waals surface area contributed by atoms with Crippen molar-refractivity contribution in [2.75, 3.05) is 11.4 Å². The lowest BCUT2D eigenvalue weighted by Gasteiger charge is -2.30. The maximum absolute atomic E-state index is 12.9. The van der Waals surface area contributed by atoms with E-state index in [0.29, 0.717) is 30.4 Å². The van der Waals surface area contributed by atoms with E-state index in [9.17, 15) is 13.2 Å². The van der Waals surface area contributed by atoms with Gasteiger partial charge in [-0.15, -0.1) is 5.10 Å². The molecule has 2 aromatic rings. The third kappa shape index (κ3) is 2.94. The van der Waals surface area contributed by atoms with Crippen molar-refractivity contribution >= 4 is 17.3 Å². The predicted molar refractivity (Wildman–Crippen MR) is 78.0 cm³/mol. The molecule has 0 saturated carbocycles. The van der Waals surface area contributed by atoms with Crippen molar-refractivity contribution in [1.29, 1.82) is 5.26 Å². The molecule has 1 aromatic heterocycles. The summed E-state index contributed by atoms with van der Waals surface area (Å²) in [6.45, 7) is 1.04. The molecule has 1 aliphatic heterocycles. The zero-order valence-corrected chi connectivity index (χ0v) is 12.5. The van der Waals surface area contributed by atoms with Gasteiger partial charge in [0.15, 0.2) is 5.15 Å². The van der Waals surface area contributed by atoms with Crippen LogP contribution in [0.1, 0.15) is 22.3 Å². The van der Waals surface area contributed by atoms with Gasteiger partial charge in [-0.1, -0.05) is 11.6 Å². The summed E-state index contributed by atoms with van der Waals surface area (Å²) >= 11 is 5.99. The number of rotatable bonds is 1. The molecule has 2 heterocycles. The highest BCUT2D eigenvalue weighted by Gasteiger charge is 2.34. The Morgan fingerprint density at radius 1 is 1.30 bits per heavy atom. The molecule has 23 heavy (non-hydrogen) atoms. The molecule has 0 saturated heterocycles. The number of halogens is 4. The monoisotopic (exact) mass is 338 g/mol. The molecule has 0 atom stereocenters. The first-order chi connectivity index (χ1) is 10.9. The minimum atomic E-state index is -4.54. The highest BCUT2D eigenvalue weighted by molar-refractivity contribution is 6.30. The van der Waals surface area contributed by atoms with E-state index in [2.05, 4.69) is 10.2 Å². The zero-order chi connectivity index (χ0) is 16.6. The zero-order valence-electron chi connectivity index (χ0n) is 11.7. The number of anilines is 1. The van der Waals surface area contributed by atoms with E-state index < -0.39 is 11.7 Å². The fourth-order valence-electron chi connectivity index (χ4n) is 2.64. The summed E-state index contributed by atoms with van der Waals surface area (Å²) in [6, 6.07) is 5.21. The molecular weight excluding hydrogens is 329 g/mol. The number of alkyl halides is 3. The Hall–Kier alpha value is -2.33. The Bertz CT molecular complexity index is 798. The van der Waals surface area contributed by atoms with Crippen LogP contribution in [0.15, 0.2) is 24.4 Å². The lowest BCUT2D eigenvalue weighted by Crippen LogP contribution is -2.31. The topological polar surface area (TPSA) is 52.8 Å². The minimum Gasteiger partial charge on any atom is -0.367 e. The summed E-state index contributed by atoms with van der Waals surface area (Å²) in [5.41, 5.74) is 1.05. The number of aromatic nitrogens is 2. The van der Waals surface area contributed by atoms with Crippen molar-refractivity contribution in [1.82, 2.24) is 10.2 Å². The molecule has 0 aliphatic carbocycles. The van der Waals surface area contributed by atoms with Crippen LogP contribution in [-0.4, -0.2) is 16.7 Å². The van der Waals surface area contributed by atoms with Gasteiger partial charge in [-0.2, -0.15) is 23.5 Å². The van der Waals surface area contributed by atoms with E-state index in [1.807, 2.05) is 4.90 Å². The Morgan fingerprint density at radius 2 is 2.09 bits per heavy atom. The minimum absolute atomic E-state index is 0.354. The van der Waals surface area contributed by atoms with Gasteiger partial charge < -0.3 is 4.90 Å². The lowest BCUT2D eigenvalue weighted by atomic mass is 10.0. The molecule has 1 aliphatic rings. The highest BCUT2D eigenvalue weighted by Crippen LogP contribution is 2.35. The third-order valence-electron chi connectivity index (χ3n) is 3.78. The van der Waals surface area contributed by atoms with Gasteiger partial charge >= 0.3 is 6.18 Å². The molecular formula is C15H10ClF3N4. The van der Waals surface area contributed by atoms with Crippen LogP contribution in [0, 0.1) is 11.3 Å². The molecule has 4 nitrogen and oxygen atoms in total. The highest BCUT2D eigenvalue weighted by atomic mass is 35.5. The van der Waals surface area contributed by atoms with Gasteiger partial charge in [0.1, 0.15) is 0 Å². The number of hydrogen-bond donors (Lipinski definition) is 0. The second-order valence-electron chi connectivity index (χ2n) is 5.15. The quantitative estimate of drug-likeness (QED) is 0.797. The first-order valence-electron chi connectivity index (χ1n) is 6.75. The van der Waals surface area contributed by atoms with Gasteiger partial charge in [0, 0.05) is 18.8 Å². The van der Waals surface area contributed by atoms with Crippen molar-refractivity contribution in [3.8, 4) is 6.07 Å². The SMILES string of the molecule is N#Cc1cc(N2CCc3c(cnnc3Cl)C2)ccc1C(F)(F)F. The van der Waals surface area contributed by atoms with Crippen molar-refractivity contribution in [3.63, 3.8) is 0 Å². The normalized spacial score (nSPS) is 14.3. The standard InChI is InChI=1S/C15H10ClF3N4/c16-14-12-3-4-23(8-10(12)7-21-22-14)11-1-2-13(15(17,18)19)9(5-11)6-20/h1-2,5,7H,3-4,8H2. The van der Waals surface area contributed by atoms with E-state index in [4.69, 9.17) is 16.9 Å². The Labute approximate surface area is 135 Å². The second kappa shape index (κ2) is 5.70. The maximum atomic E-state index is 12.9. The summed E-state index contributed by atoms with van der Waals surface area (Å²) < 4.78 is 38.6. The molecule has 0 fully saturated rings. The molecule has 0 spiro atoms. The van der Waals surface area contributed by atoms with E-state index in [1.165, 1.54) is 12.1 Å². The summed E-state index contributed by atoms with van der Waals surface area (Å²) in [4.78, 5) is 1.89. The van der Waals surface area contributed by atoms with Gasteiger partial charge in [0.2, 0.25) is 0 Å².